The SMILES string of the molecule is Cc1nc(CN(C)S(=O)(=O)c2ccc(C#N)cc2)sc1C. The normalized spacial score (nSPS) is 11.6. The first-order chi connectivity index (χ1) is 9.84. The van der Waals surface area contributed by atoms with Gasteiger partial charge in [-0.1, -0.05) is 0 Å². The number of nitrogens with zero attached hydrogens (tertiary/aromatic N) is 3. The van der Waals surface area contributed by atoms with Crippen molar-refractivity contribution in [2.45, 2.75) is 25.3 Å². The van der Waals surface area contributed by atoms with E-state index in [4.69, 9.17) is 5.26 Å². The summed E-state index contributed by atoms with van der Waals surface area (Å²) in [5.41, 5.74) is 1.36. The first kappa shape index (κ1) is 15.6. The Labute approximate surface area is 128 Å². The largest absolute Gasteiger partial charge is 0.245 e. The van der Waals surface area contributed by atoms with E-state index in [9.17, 15) is 8.42 Å². The van der Waals surface area contributed by atoms with E-state index < -0.39 is 10.0 Å². The minimum absolute atomic E-state index is 0.175. The van der Waals surface area contributed by atoms with Crippen LogP contribution in [0.25, 0.3) is 0 Å². The van der Waals surface area contributed by atoms with Crippen LogP contribution in [-0.2, 0) is 16.6 Å². The van der Waals surface area contributed by atoms with Crippen molar-refractivity contribution < 1.29 is 8.42 Å². The maximum Gasteiger partial charge on any atom is 0.243 e. The van der Waals surface area contributed by atoms with Crippen LogP contribution in [0.4, 0.5) is 0 Å². The van der Waals surface area contributed by atoms with Crippen LogP contribution in [0.2, 0.25) is 0 Å². The first-order valence-electron chi connectivity index (χ1n) is 6.24. The molecule has 0 aliphatic rings. The van der Waals surface area contributed by atoms with Gasteiger partial charge in [0.15, 0.2) is 0 Å². The number of aromatic nitrogens is 1. The molecule has 110 valence electrons. The molecule has 0 spiro atoms. The Morgan fingerprint density at radius 1 is 1.29 bits per heavy atom. The predicted octanol–water partition coefficient (Wildman–Crippen LogP) is 2.45. The lowest BCUT2D eigenvalue weighted by Gasteiger charge is -2.15. The number of hydrogen-bond acceptors (Lipinski definition) is 5. The van der Waals surface area contributed by atoms with Gasteiger partial charge in [-0.3, -0.25) is 0 Å². The third kappa shape index (κ3) is 3.29. The Balaban J connectivity index is 2.23. The molecule has 0 amide bonds. The summed E-state index contributed by atoms with van der Waals surface area (Å²) in [5.74, 6) is 0. The van der Waals surface area contributed by atoms with Crippen LogP contribution in [0.3, 0.4) is 0 Å². The molecule has 7 heteroatoms. The van der Waals surface area contributed by atoms with E-state index in [1.54, 1.807) is 0 Å². The zero-order chi connectivity index (χ0) is 15.6. The molecule has 1 aromatic heterocycles. The molecule has 1 aromatic carbocycles. The van der Waals surface area contributed by atoms with Crippen LogP contribution in [0.1, 0.15) is 21.1 Å². The quantitative estimate of drug-likeness (QED) is 0.867. The van der Waals surface area contributed by atoms with Gasteiger partial charge in [0.25, 0.3) is 0 Å². The summed E-state index contributed by atoms with van der Waals surface area (Å²) < 4.78 is 26.2. The van der Waals surface area contributed by atoms with Gasteiger partial charge in [-0.25, -0.2) is 13.4 Å². The predicted molar refractivity (Wildman–Crippen MR) is 81.4 cm³/mol. The van der Waals surface area contributed by atoms with Gasteiger partial charge in [0, 0.05) is 11.9 Å². The van der Waals surface area contributed by atoms with E-state index in [0.29, 0.717) is 5.56 Å². The Hall–Kier alpha value is -1.75. The zero-order valence-electron chi connectivity index (χ0n) is 12.0. The second-order valence-electron chi connectivity index (χ2n) is 4.65. The molecule has 21 heavy (non-hydrogen) atoms. The van der Waals surface area contributed by atoms with Crippen molar-refractivity contribution in [2.75, 3.05) is 7.05 Å². The Bertz CT molecular complexity index is 767. The van der Waals surface area contributed by atoms with Gasteiger partial charge in [0.2, 0.25) is 10.0 Å². The zero-order valence-corrected chi connectivity index (χ0v) is 13.6. The van der Waals surface area contributed by atoms with Crippen molar-refractivity contribution in [3.63, 3.8) is 0 Å². The molecule has 0 radical (unpaired) electrons. The van der Waals surface area contributed by atoms with Crippen LogP contribution >= 0.6 is 11.3 Å². The average molecular weight is 321 g/mol. The number of rotatable bonds is 4. The topological polar surface area (TPSA) is 74.1 Å². The van der Waals surface area contributed by atoms with Gasteiger partial charge in [0.05, 0.1) is 28.8 Å². The van der Waals surface area contributed by atoms with Gasteiger partial charge < -0.3 is 0 Å². The molecule has 0 bridgehead atoms. The van der Waals surface area contributed by atoms with Crippen molar-refractivity contribution in [3.8, 4) is 6.07 Å². The summed E-state index contributed by atoms with van der Waals surface area (Å²) in [6, 6.07) is 7.86. The standard InChI is InChI=1S/C14H15N3O2S2/c1-10-11(2)20-14(16-10)9-17(3)21(18,19)13-6-4-12(8-15)5-7-13/h4-7H,9H2,1-3H3. The molecule has 0 unspecified atom stereocenters. The fourth-order valence-electron chi connectivity index (χ4n) is 1.76. The summed E-state index contributed by atoms with van der Waals surface area (Å²) in [5, 5.41) is 9.52. The first-order valence-corrected chi connectivity index (χ1v) is 8.49. The van der Waals surface area contributed by atoms with Crippen LogP contribution in [-0.4, -0.2) is 24.8 Å². The summed E-state index contributed by atoms with van der Waals surface area (Å²) in [6.07, 6.45) is 0. The lowest BCUT2D eigenvalue weighted by molar-refractivity contribution is 0.465. The number of aryl methyl sites for hydroxylation is 2. The maximum absolute atomic E-state index is 12.4. The van der Waals surface area contributed by atoms with E-state index in [1.165, 1.54) is 47.0 Å². The van der Waals surface area contributed by atoms with E-state index in [-0.39, 0.29) is 11.4 Å². The molecule has 0 aliphatic carbocycles. The van der Waals surface area contributed by atoms with Crippen molar-refractivity contribution in [1.82, 2.24) is 9.29 Å². The molecule has 0 fully saturated rings. The van der Waals surface area contributed by atoms with Gasteiger partial charge in [-0.05, 0) is 38.1 Å². The molecule has 0 N–H and O–H groups in total. The monoisotopic (exact) mass is 321 g/mol. The van der Waals surface area contributed by atoms with Gasteiger partial charge >= 0.3 is 0 Å². The van der Waals surface area contributed by atoms with Gasteiger partial charge in [0.1, 0.15) is 5.01 Å². The molecular formula is C14H15N3O2S2. The number of thiazole rings is 1. The maximum atomic E-state index is 12.4. The molecule has 2 rings (SSSR count). The number of hydrogen-bond donors (Lipinski definition) is 0. The number of sulfonamides is 1. The highest BCUT2D eigenvalue weighted by Gasteiger charge is 2.22. The van der Waals surface area contributed by atoms with Crippen molar-refractivity contribution >= 4 is 21.4 Å². The van der Waals surface area contributed by atoms with Crippen LogP contribution < -0.4 is 0 Å². The molecule has 0 atom stereocenters. The summed E-state index contributed by atoms with van der Waals surface area (Å²) in [7, 11) is -2.05. The molecule has 5 nitrogen and oxygen atoms in total. The Morgan fingerprint density at radius 2 is 1.90 bits per heavy atom. The molecule has 2 aromatic rings. The van der Waals surface area contributed by atoms with E-state index in [0.717, 1.165) is 15.6 Å². The lowest BCUT2D eigenvalue weighted by atomic mass is 10.2. The fourth-order valence-corrected chi connectivity index (χ4v) is 3.97. The van der Waals surface area contributed by atoms with Gasteiger partial charge in [-0.2, -0.15) is 9.57 Å². The molecule has 0 saturated heterocycles. The minimum Gasteiger partial charge on any atom is -0.245 e. The second kappa shape index (κ2) is 5.93. The molecule has 0 saturated carbocycles. The second-order valence-corrected chi connectivity index (χ2v) is 7.98. The highest BCUT2D eigenvalue weighted by atomic mass is 32.2. The van der Waals surface area contributed by atoms with Crippen LogP contribution in [0, 0.1) is 25.2 Å². The van der Waals surface area contributed by atoms with Crippen molar-refractivity contribution in [1.29, 1.82) is 5.26 Å². The number of benzene rings is 1. The molecule has 0 aliphatic heterocycles. The van der Waals surface area contributed by atoms with Crippen molar-refractivity contribution in [2.24, 2.45) is 0 Å². The fraction of sp³-hybridized carbons (Fsp3) is 0.286. The molecular weight excluding hydrogens is 306 g/mol. The Kier molecular flexibility index (Phi) is 4.42. The van der Waals surface area contributed by atoms with Crippen molar-refractivity contribution in [3.05, 3.63) is 45.4 Å². The van der Waals surface area contributed by atoms with Crippen LogP contribution in [0.5, 0.6) is 0 Å². The molecule has 1 heterocycles. The highest BCUT2D eigenvalue weighted by Crippen LogP contribution is 2.21. The van der Waals surface area contributed by atoms with Crippen LogP contribution in [0.15, 0.2) is 29.2 Å². The van der Waals surface area contributed by atoms with E-state index >= 15 is 0 Å². The summed E-state index contributed by atoms with van der Waals surface area (Å²) >= 11 is 1.50. The third-order valence-electron chi connectivity index (χ3n) is 3.12. The smallest absolute Gasteiger partial charge is 0.243 e. The third-order valence-corrected chi connectivity index (χ3v) is 6.00. The van der Waals surface area contributed by atoms with E-state index in [2.05, 4.69) is 4.98 Å². The van der Waals surface area contributed by atoms with E-state index in [1.807, 2.05) is 19.9 Å². The highest BCUT2D eigenvalue weighted by molar-refractivity contribution is 7.89. The number of nitriles is 1. The Morgan fingerprint density at radius 3 is 2.38 bits per heavy atom. The summed E-state index contributed by atoms with van der Waals surface area (Å²) in [6.45, 7) is 4.11. The van der Waals surface area contributed by atoms with Gasteiger partial charge in [-0.15, -0.1) is 11.3 Å². The average Bonchev–Trinajstić information content (AvgIpc) is 2.77. The summed E-state index contributed by atoms with van der Waals surface area (Å²) in [4.78, 5) is 5.62. The lowest BCUT2D eigenvalue weighted by Crippen LogP contribution is -2.26. The minimum atomic E-state index is -3.58.